The van der Waals surface area contributed by atoms with E-state index >= 15 is 0 Å². The topological polar surface area (TPSA) is 69.6 Å². The summed E-state index contributed by atoms with van der Waals surface area (Å²) in [6.07, 6.45) is 3.19. The van der Waals surface area contributed by atoms with Gasteiger partial charge in [-0.25, -0.2) is 4.79 Å². The number of benzene rings is 1. The molecule has 1 rings (SSSR count). The second-order valence-corrected chi connectivity index (χ2v) is 4.38. The normalized spacial score (nSPS) is 9.80. The summed E-state index contributed by atoms with van der Waals surface area (Å²) in [6, 6.07) is 9.62. The second-order valence-electron chi connectivity index (χ2n) is 4.38. The number of rotatable bonds is 8. The highest BCUT2D eigenvalue weighted by atomic mass is 16.4. The van der Waals surface area contributed by atoms with Crippen molar-refractivity contribution in [2.45, 2.75) is 12.8 Å². The van der Waals surface area contributed by atoms with E-state index in [1.165, 1.54) is 16.5 Å². The van der Waals surface area contributed by atoms with E-state index in [1.807, 2.05) is 30.3 Å². The van der Waals surface area contributed by atoms with E-state index in [-0.39, 0.29) is 19.1 Å². The predicted molar refractivity (Wildman–Crippen MR) is 77.6 cm³/mol. The number of nitrogens with zero attached hydrogens (tertiary/aromatic N) is 1. The number of aliphatic carboxylic acids is 1. The lowest BCUT2D eigenvalue weighted by atomic mass is 10.1. The Morgan fingerprint density at radius 1 is 1.30 bits per heavy atom. The van der Waals surface area contributed by atoms with Crippen LogP contribution >= 0.6 is 0 Å². The first-order chi connectivity index (χ1) is 9.63. The molecule has 0 saturated carbocycles. The quantitative estimate of drug-likeness (QED) is 0.563. The van der Waals surface area contributed by atoms with E-state index in [4.69, 9.17) is 5.11 Å². The maximum absolute atomic E-state index is 11.8. The van der Waals surface area contributed by atoms with Crippen molar-refractivity contribution in [2.75, 3.05) is 19.6 Å². The Balaban J connectivity index is 2.30. The molecule has 2 amide bonds. The molecule has 108 valence electrons. The smallest absolute Gasteiger partial charge is 0.323 e. The molecule has 0 bridgehead atoms. The van der Waals surface area contributed by atoms with E-state index < -0.39 is 5.97 Å². The number of hydrogen-bond donors (Lipinski definition) is 2. The van der Waals surface area contributed by atoms with Gasteiger partial charge >= 0.3 is 12.0 Å². The number of carboxylic acids is 1. The van der Waals surface area contributed by atoms with Gasteiger partial charge in [-0.1, -0.05) is 36.4 Å². The van der Waals surface area contributed by atoms with E-state index in [2.05, 4.69) is 11.9 Å². The summed E-state index contributed by atoms with van der Waals surface area (Å²) < 4.78 is 0. The molecule has 2 N–H and O–H groups in total. The van der Waals surface area contributed by atoms with E-state index in [1.54, 1.807) is 0 Å². The van der Waals surface area contributed by atoms with Crippen LogP contribution in [0.15, 0.2) is 43.0 Å². The number of carbonyl (C=O) groups excluding carboxylic acids is 1. The van der Waals surface area contributed by atoms with Crippen LogP contribution in [0.5, 0.6) is 0 Å². The molecule has 0 spiro atoms. The number of amides is 2. The number of carboxylic acid groups (broad SMARTS) is 1. The molecule has 20 heavy (non-hydrogen) atoms. The minimum Gasteiger partial charge on any atom is -0.480 e. The van der Waals surface area contributed by atoms with Gasteiger partial charge in [0.25, 0.3) is 0 Å². The minimum absolute atomic E-state index is 0.219. The molecule has 0 heterocycles. The average Bonchev–Trinajstić information content (AvgIpc) is 2.43. The largest absolute Gasteiger partial charge is 0.480 e. The Labute approximate surface area is 118 Å². The van der Waals surface area contributed by atoms with Crippen molar-refractivity contribution >= 4 is 12.0 Å². The average molecular weight is 276 g/mol. The van der Waals surface area contributed by atoms with Crippen molar-refractivity contribution in [2.24, 2.45) is 0 Å². The Bertz CT molecular complexity index is 446. The zero-order valence-corrected chi connectivity index (χ0v) is 11.4. The van der Waals surface area contributed by atoms with Gasteiger partial charge in [-0.15, -0.1) is 6.58 Å². The van der Waals surface area contributed by atoms with Crippen LogP contribution in [0.2, 0.25) is 0 Å². The fourth-order valence-corrected chi connectivity index (χ4v) is 1.78. The van der Waals surface area contributed by atoms with Crippen LogP contribution in [0.3, 0.4) is 0 Å². The van der Waals surface area contributed by atoms with E-state index in [0.717, 1.165) is 12.8 Å². The monoisotopic (exact) mass is 276 g/mol. The summed E-state index contributed by atoms with van der Waals surface area (Å²) in [4.78, 5) is 23.6. The summed E-state index contributed by atoms with van der Waals surface area (Å²) in [7, 11) is 0. The molecule has 0 radical (unpaired) electrons. The highest BCUT2D eigenvalue weighted by Crippen LogP contribution is 2.01. The standard InChI is InChI=1S/C15H20N2O3/c1-2-11-17(12-14(18)19)15(20)16-10-6-9-13-7-4-3-5-8-13/h2-5,7-8H,1,6,9-12H2,(H,16,20)(H,18,19). The SMILES string of the molecule is C=CCN(CC(=O)O)C(=O)NCCCc1ccccc1. The van der Waals surface area contributed by atoms with Gasteiger partial charge in [-0.05, 0) is 18.4 Å². The molecule has 0 unspecified atom stereocenters. The molecule has 1 aromatic carbocycles. The van der Waals surface area contributed by atoms with Gasteiger partial charge < -0.3 is 15.3 Å². The first kappa shape index (κ1) is 15.8. The highest BCUT2D eigenvalue weighted by molar-refractivity contribution is 5.80. The summed E-state index contributed by atoms with van der Waals surface area (Å²) in [5.41, 5.74) is 1.22. The van der Waals surface area contributed by atoms with Gasteiger partial charge in [0.15, 0.2) is 0 Å². The van der Waals surface area contributed by atoms with Crippen LogP contribution in [-0.4, -0.2) is 41.6 Å². The molecule has 0 fully saturated rings. The fraction of sp³-hybridized carbons (Fsp3) is 0.333. The lowest BCUT2D eigenvalue weighted by Gasteiger charge is -2.19. The first-order valence-corrected chi connectivity index (χ1v) is 6.53. The molecule has 0 aliphatic carbocycles. The van der Waals surface area contributed by atoms with Crippen molar-refractivity contribution in [3.63, 3.8) is 0 Å². The second kappa shape index (κ2) is 8.74. The number of urea groups is 1. The van der Waals surface area contributed by atoms with Crippen LogP contribution in [-0.2, 0) is 11.2 Å². The van der Waals surface area contributed by atoms with Gasteiger partial charge in [-0.2, -0.15) is 0 Å². The zero-order chi connectivity index (χ0) is 14.8. The maximum atomic E-state index is 11.8. The molecule has 0 atom stereocenters. The van der Waals surface area contributed by atoms with Crippen LogP contribution in [0.4, 0.5) is 4.79 Å². The van der Waals surface area contributed by atoms with Gasteiger partial charge in [0.05, 0.1) is 0 Å². The molecular formula is C15H20N2O3. The van der Waals surface area contributed by atoms with Gasteiger partial charge in [-0.3, -0.25) is 4.79 Å². The van der Waals surface area contributed by atoms with Crippen LogP contribution < -0.4 is 5.32 Å². The molecular weight excluding hydrogens is 256 g/mol. The summed E-state index contributed by atoms with van der Waals surface area (Å²) in [5.74, 6) is -1.04. The third-order valence-corrected chi connectivity index (χ3v) is 2.72. The van der Waals surface area contributed by atoms with Crippen molar-refractivity contribution < 1.29 is 14.7 Å². The Hall–Kier alpha value is -2.30. The molecule has 5 heteroatoms. The molecule has 0 saturated heterocycles. The Kier molecular flexibility index (Phi) is 6.89. The van der Waals surface area contributed by atoms with Crippen molar-refractivity contribution in [1.29, 1.82) is 0 Å². The number of nitrogens with one attached hydrogen (secondary N) is 1. The van der Waals surface area contributed by atoms with Crippen LogP contribution in [0.1, 0.15) is 12.0 Å². The van der Waals surface area contributed by atoms with E-state index in [9.17, 15) is 9.59 Å². The zero-order valence-electron chi connectivity index (χ0n) is 11.4. The van der Waals surface area contributed by atoms with Crippen LogP contribution in [0, 0.1) is 0 Å². The number of aryl methyl sites for hydroxylation is 1. The highest BCUT2D eigenvalue weighted by Gasteiger charge is 2.14. The number of hydrogen-bond acceptors (Lipinski definition) is 2. The lowest BCUT2D eigenvalue weighted by Crippen LogP contribution is -2.43. The molecule has 0 aromatic heterocycles. The van der Waals surface area contributed by atoms with Crippen LogP contribution in [0.25, 0.3) is 0 Å². The lowest BCUT2D eigenvalue weighted by molar-refractivity contribution is -0.137. The van der Waals surface area contributed by atoms with Gasteiger partial charge in [0, 0.05) is 13.1 Å². The van der Waals surface area contributed by atoms with Crippen molar-refractivity contribution in [1.82, 2.24) is 10.2 Å². The summed E-state index contributed by atoms with van der Waals surface area (Å²) in [6.45, 7) is 3.92. The van der Waals surface area contributed by atoms with Crippen molar-refractivity contribution in [3.8, 4) is 0 Å². The molecule has 0 aliphatic heterocycles. The first-order valence-electron chi connectivity index (χ1n) is 6.53. The fourth-order valence-electron chi connectivity index (χ4n) is 1.78. The third kappa shape index (κ3) is 6.04. The number of carbonyl (C=O) groups is 2. The molecule has 0 aliphatic rings. The molecule has 1 aromatic rings. The Morgan fingerprint density at radius 3 is 2.60 bits per heavy atom. The van der Waals surface area contributed by atoms with E-state index in [0.29, 0.717) is 6.54 Å². The molecule has 5 nitrogen and oxygen atoms in total. The Morgan fingerprint density at radius 2 is 2.00 bits per heavy atom. The minimum atomic E-state index is -1.04. The summed E-state index contributed by atoms with van der Waals surface area (Å²) in [5, 5.41) is 11.4. The third-order valence-electron chi connectivity index (χ3n) is 2.72. The summed E-state index contributed by atoms with van der Waals surface area (Å²) >= 11 is 0. The van der Waals surface area contributed by atoms with Gasteiger partial charge in [0.2, 0.25) is 0 Å². The predicted octanol–water partition coefficient (Wildman–Crippen LogP) is 1.90. The van der Waals surface area contributed by atoms with Gasteiger partial charge in [0.1, 0.15) is 6.54 Å². The maximum Gasteiger partial charge on any atom is 0.323 e. The van der Waals surface area contributed by atoms with Crippen molar-refractivity contribution in [3.05, 3.63) is 48.6 Å².